The third kappa shape index (κ3) is 2.26. The fraction of sp³-hybridized carbons (Fsp3) is 0.462. The average molecular weight is 233 g/mol. The lowest BCUT2D eigenvalue weighted by Crippen LogP contribution is -2.44. The molecular weight excluding hydrogens is 214 g/mol. The van der Waals surface area contributed by atoms with Gasteiger partial charge in [0.1, 0.15) is 5.84 Å². The number of aryl methyl sites for hydroxylation is 1. The van der Waals surface area contributed by atoms with E-state index in [1.807, 2.05) is 12.1 Å². The Hall–Kier alpha value is -1.55. The molecule has 0 spiro atoms. The Bertz CT molecular complexity index is 431. The Balaban J connectivity index is 2.45. The molecule has 0 aromatic heterocycles. The van der Waals surface area contributed by atoms with E-state index < -0.39 is 0 Å². The summed E-state index contributed by atoms with van der Waals surface area (Å²) < 4.78 is 5.45. The fourth-order valence-corrected chi connectivity index (χ4v) is 2.32. The summed E-state index contributed by atoms with van der Waals surface area (Å²) in [6.07, 6.45) is 0. The fourth-order valence-electron chi connectivity index (χ4n) is 2.32. The highest BCUT2D eigenvalue weighted by Gasteiger charge is 2.23. The SMILES string of the molecule is Cc1cccc(C(=N)N)c1N1CCOCC1C. The minimum atomic E-state index is 0.127. The van der Waals surface area contributed by atoms with Gasteiger partial charge in [0, 0.05) is 18.2 Å². The molecule has 4 heteroatoms. The Kier molecular flexibility index (Phi) is 3.33. The second-order valence-corrected chi connectivity index (χ2v) is 4.50. The van der Waals surface area contributed by atoms with Crippen molar-refractivity contribution in [2.75, 3.05) is 24.7 Å². The van der Waals surface area contributed by atoms with Crippen LogP contribution in [0.15, 0.2) is 18.2 Å². The molecule has 17 heavy (non-hydrogen) atoms. The number of hydrogen-bond donors (Lipinski definition) is 2. The Morgan fingerprint density at radius 2 is 2.29 bits per heavy atom. The van der Waals surface area contributed by atoms with Crippen LogP contribution in [0.3, 0.4) is 0 Å². The molecule has 1 aliphatic rings. The smallest absolute Gasteiger partial charge is 0.124 e. The van der Waals surface area contributed by atoms with E-state index in [1.165, 1.54) is 0 Å². The monoisotopic (exact) mass is 233 g/mol. The van der Waals surface area contributed by atoms with E-state index in [9.17, 15) is 0 Å². The lowest BCUT2D eigenvalue weighted by molar-refractivity contribution is 0.0989. The van der Waals surface area contributed by atoms with E-state index >= 15 is 0 Å². The van der Waals surface area contributed by atoms with Gasteiger partial charge in [-0.3, -0.25) is 5.41 Å². The second kappa shape index (κ2) is 4.75. The molecular formula is C13H19N3O. The molecule has 0 saturated carbocycles. The highest BCUT2D eigenvalue weighted by Crippen LogP contribution is 2.27. The van der Waals surface area contributed by atoms with Crippen LogP contribution in [0.5, 0.6) is 0 Å². The predicted octanol–water partition coefficient (Wildman–Crippen LogP) is 1.50. The Labute approximate surface area is 102 Å². The van der Waals surface area contributed by atoms with Crippen LogP contribution in [0.4, 0.5) is 5.69 Å². The van der Waals surface area contributed by atoms with Gasteiger partial charge in [-0.25, -0.2) is 0 Å². The van der Waals surface area contributed by atoms with E-state index in [-0.39, 0.29) is 5.84 Å². The summed E-state index contributed by atoms with van der Waals surface area (Å²) in [5.74, 6) is 0.127. The highest BCUT2D eigenvalue weighted by atomic mass is 16.5. The molecule has 1 atom stereocenters. The van der Waals surface area contributed by atoms with Crippen molar-refractivity contribution >= 4 is 11.5 Å². The van der Waals surface area contributed by atoms with Crippen LogP contribution < -0.4 is 10.6 Å². The molecule has 92 valence electrons. The van der Waals surface area contributed by atoms with Crippen LogP contribution >= 0.6 is 0 Å². The third-order valence-electron chi connectivity index (χ3n) is 3.18. The topological polar surface area (TPSA) is 62.3 Å². The summed E-state index contributed by atoms with van der Waals surface area (Å²) >= 11 is 0. The maximum Gasteiger partial charge on any atom is 0.124 e. The maximum absolute atomic E-state index is 7.68. The first-order valence-electron chi connectivity index (χ1n) is 5.89. The zero-order valence-corrected chi connectivity index (χ0v) is 10.4. The first-order chi connectivity index (χ1) is 8.11. The van der Waals surface area contributed by atoms with E-state index in [2.05, 4.69) is 24.8 Å². The summed E-state index contributed by atoms with van der Waals surface area (Å²) in [4.78, 5) is 2.29. The van der Waals surface area contributed by atoms with Crippen molar-refractivity contribution in [1.29, 1.82) is 5.41 Å². The molecule has 1 unspecified atom stereocenters. The summed E-state index contributed by atoms with van der Waals surface area (Å²) in [7, 11) is 0. The molecule has 1 aromatic carbocycles. The van der Waals surface area contributed by atoms with Crippen LogP contribution in [-0.2, 0) is 4.74 Å². The molecule has 2 rings (SSSR count). The zero-order chi connectivity index (χ0) is 12.4. The number of rotatable bonds is 2. The van der Waals surface area contributed by atoms with Gasteiger partial charge < -0.3 is 15.4 Å². The Morgan fingerprint density at radius 3 is 2.94 bits per heavy atom. The van der Waals surface area contributed by atoms with Gasteiger partial charge in [-0.1, -0.05) is 12.1 Å². The van der Waals surface area contributed by atoms with Gasteiger partial charge in [0.05, 0.1) is 18.9 Å². The van der Waals surface area contributed by atoms with Crippen molar-refractivity contribution in [2.24, 2.45) is 5.73 Å². The van der Waals surface area contributed by atoms with Crippen molar-refractivity contribution < 1.29 is 4.74 Å². The van der Waals surface area contributed by atoms with Crippen LogP contribution in [0.25, 0.3) is 0 Å². The van der Waals surface area contributed by atoms with Gasteiger partial charge in [0.15, 0.2) is 0 Å². The molecule has 0 aliphatic carbocycles. The molecule has 1 fully saturated rings. The van der Waals surface area contributed by atoms with E-state index in [0.717, 1.165) is 36.6 Å². The molecule has 3 N–H and O–H groups in total. The van der Waals surface area contributed by atoms with Gasteiger partial charge in [0.25, 0.3) is 0 Å². The normalized spacial score (nSPS) is 20.4. The number of nitrogen functional groups attached to an aromatic ring is 1. The third-order valence-corrected chi connectivity index (χ3v) is 3.18. The van der Waals surface area contributed by atoms with Crippen molar-refractivity contribution in [2.45, 2.75) is 19.9 Å². The first kappa shape index (κ1) is 11.9. The number of hydrogen-bond acceptors (Lipinski definition) is 3. The molecule has 4 nitrogen and oxygen atoms in total. The number of nitrogens with two attached hydrogens (primary N) is 1. The molecule has 0 bridgehead atoms. The molecule has 1 aromatic rings. The lowest BCUT2D eigenvalue weighted by atomic mass is 10.0. The standard InChI is InChI=1S/C13H19N3O/c1-9-4-3-5-11(13(14)15)12(9)16-6-7-17-8-10(16)2/h3-5,10H,6-8H2,1-2H3,(H3,14,15). The summed E-state index contributed by atoms with van der Waals surface area (Å²) in [6.45, 7) is 6.51. The number of morpholine rings is 1. The molecule has 1 saturated heterocycles. The van der Waals surface area contributed by atoms with Gasteiger partial charge in [0.2, 0.25) is 0 Å². The van der Waals surface area contributed by atoms with E-state index in [0.29, 0.717) is 6.04 Å². The largest absolute Gasteiger partial charge is 0.384 e. The number of anilines is 1. The number of nitrogens with one attached hydrogen (secondary N) is 1. The molecule has 1 aliphatic heterocycles. The summed E-state index contributed by atoms with van der Waals surface area (Å²) in [5.41, 5.74) is 8.72. The van der Waals surface area contributed by atoms with Gasteiger partial charge in [-0.2, -0.15) is 0 Å². The van der Waals surface area contributed by atoms with Gasteiger partial charge in [-0.05, 0) is 25.5 Å². The highest BCUT2D eigenvalue weighted by molar-refractivity contribution is 6.01. The number of benzene rings is 1. The van der Waals surface area contributed by atoms with Crippen LogP contribution in [-0.4, -0.2) is 31.6 Å². The van der Waals surface area contributed by atoms with Crippen molar-refractivity contribution in [3.05, 3.63) is 29.3 Å². The van der Waals surface area contributed by atoms with Crippen LogP contribution in [0.1, 0.15) is 18.1 Å². The quantitative estimate of drug-likeness (QED) is 0.601. The number of nitrogens with zero attached hydrogens (tertiary/aromatic N) is 1. The van der Waals surface area contributed by atoms with E-state index in [1.54, 1.807) is 0 Å². The van der Waals surface area contributed by atoms with Gasteiger partial charge in [-0.15, -0.1) is 0 Å². The van der Waals surface area contributed by atoms with Crippen LogP contribution in [0.2, 0.25) is 0 Å². The summed E-state index contributed by atoms with van der Waals surface area (Å²) in [6, 6.07) is 6.24. The minimum Gasteiger partial charge on any atom is -0.384 e. The van der Waals surface area contributed by atoms with Crippen molar-refractivity contribution in [1.82, 2.24) is 0 Å². The first-order valence-corrected chi connectivity index (χ1v) is 5.89. The number of amidine groups is 1. The van der Waals surface area contributed by atoms with Crippen molar-refractivity contribution in [3.8, 4) is 0 Å². The molecule has 1 heterocycles. The number of ether oxygens (including phenoxy) is 1. The van der Waals surface area contributed by atoms with E-state index in [4.69, 9.17) is 15.9 Å². The zero-order valence-electron chi connectivity index (χ0n) is 10.4. The minimum absolute atomic E-state index is 0.127. The predicted molar refractivity (Wildman–Crippen MR) is 69.8 cm³/mol. The summed E-state index contributed by atoms with van der Waals surface area (Å²) in [5, 5.41) is 7.68. The molecule has 0 amide bonds. The number of para-hydroxylation sites is 1. The lowest BCUT2D eigenvalue weighted by Gasteiger charge is -2.37. The average Bonchev–Trinajstić information content (AvgIpc) is 2.30. The van der Waals surface area contributed by atoms with Crippen molar-refractivity contribution in [3.63, 3.8) is 0 Å². The van der Waals surface area contributed by atoms with Crippen LogP contribution in [0, 0.1) is 12.3 Å². The second-order valence-electron chi connectivity index (χ2n) is 4.50. The Morgan fingerprint density at radius 1 is 1.53 bits per heavy atom. The van der Waals surface area contributed by atoms with Gasteiger partial charge >= 0.3 is 0 Å². The maximum atomic E-state index is 7.68. The molecule has 0 radical (unpaired) electrons.